The maximum atomic E-state index is 11.8. The first-order valence-corrected chi connectivity index (χ1v) is 8.96. The van der Waals surface area contributed by atoms with Crippen LogP contribution in [0.5, 0.6) is 5.75 Å². The molecule has 5 heteroatoms. The molecule has 1 aromatic carbocycles. The van der Waals surface area contributed by atoms with Crippen LogP contribution in [0.15, 0.2) is 24.3 Å². The molecule has 0 spiro atoms. The van der Waals surface area contributed by atoms with Crippen LogP contribution in [0.1, 0.15) is 37.8 Å². The molecule has 2 rings (SSSR count). The van der Waals surface area contributed by atoms with Crippen molar-refractivity contribution in [2.75, 3.05) is 13.4 Å². The number of sulfone groups is 1. The first kappa shape index (κ1) is 15.3. The minimum atomic E-state index is -2.97. The summed E-state index contributed by atoms with van der Waals surface area (Å²) in [5, 5.41) is 3.22. The summed E-state index contributed by atoms with van der Waals surface area (Å²) < 4.78 is 28.7. The summed E-state index contributed by atoms with van der Waals surface area (Å²) in [5.74, 6) is 0.829. The molecule has 1 aliphatic rings. The Hall–Kier alpha value is -1.07. The van der Waals surface area contributed by atoms with Gasteiger partial charge in [0, 0.05) is 18.3 Å². The van der Waals surface area contributed by atoms with Crippen molar-refractivity contribution in [2.24, 2.45) is 0 Å². The minimum Gasteiger partial charge on any atom is -0.497 e. The Morgan fingerprint density at radius 2 is 1.90 bits per heavy atom. The molecule has 1 aliphatic carbocycles. The molecule has 2 unspecified atom stereocenters. The van der Waals surface area contributed by atoms with Gasteiger partial charge in [-0.1, -0.05) is 18.6 Å². The van der Waals surface area contributed by atoms with E-state index < -0.39 is 9.84 Å². The first-order chi connectivity index (χ1) is 9.41. The fourth-order valence-corrected chi connectivity index (χ4v) is 4.35. The van der Waals surface area contributed by atoms with E-state index >= 15 is 0 Å². The van der Waals surface area contributed by atoms with Crippen LogP contribution in [-0.2, 0) is 9.84 Å². The molecular formula is C15H23NO3S. The molecule has 0 heterocycles. The second kappa shape index (κ2) is 6.14. The molecule has 0 amide bonds. The van der Waals surface area contributed by atoms with Gasteiger partial charge in [0.15, 0.2) is 9.84 Å². The molecule has 0 saturated heterocycles. The summed E-state index contributed by atoms with van der Waals surface area (Å²) >= 11 is 0. The monoisotopic (exact) mass is 297 g/mol. The van der Waals surface area contributed by atoms with E-state index in [0.29, 0.717) is 0 Å². The molecule has 1 saturated carbocycles. The maximum absolute atomic E-state index is 11.8. The molecule has 3 atom stereocenters. The fourth-order valence-electron chi connectivity index (χ4n) is 2.94. The third kappa shape index (κ3) is 3.52. The third-order valence-corrected chi connectivity index (χ3v) is 5.75. The number of ether oxygens (including phenoxy) is 1. The lowest BCUT2D eigenvalue weighted by Crippen LogP contribution is -2.41. The van der Waals surface area contributed by atoms with Crippen LogP contribution < -0.4 is 10.1 Å². The molecule has 0 radical (unpaired) electrons. The molecular weight excluding hydrogens is 274 g/mol. The van der Waals surface area contributed by atoms with Gasteiger partial charge in [0.2, 0.25) is 0 Å². The summed E-state index contributed by atoms with van der Waals surface area (Å²) in [6.07, 6.45) is 4.02. The zero-order valence-corrected chi connectivity index (χ0v) is 13.1. The number of hydrogen-bond donors (Lipinski definition) is 1. The zero-order valence-electron chi connectivity index (χ0n) is 12.3. The summed E-state index contributed by atoms with van der Waals surface area (Å²) in [7, 11) is -1.33. The van der Waals surface area contributed by atoms with Gasteiger partial charge in [-0.25, -0.2) is 8.42 Å². The summed E-state index contributed by atoms with van der Waals surface area (Å²) in [6, 6.07) is 8.07. The van der Waals surface area contributed by atoms with Gasteiger partial charge in [0.1, 0.15) is 5.75 Å². The van der Waals surface area contributed by atoms with Crippen LogP contribution in [0.4, 0.5) is 0 Å². The van der Waals surface area contributed by atoms with Crippen molar-refractivity contribution in [3.8, 4) is 5.75 Å². The Bertz CT molecular complexity index is 539. The largest absolute Gasteiger partial charge is 0.497 e. The molecule has 1 N–H and O–H groups in total. The highest BCUT2D eigenvalue weighted by molar-refractivity contribution is 7.91. The molecule has 0 aliphatic heterocycles. The summed E-state index contributed by atoms with van der Waals surface area (Å²) in [4.78, 5) is 0. The molecule has 20 heavy (non-hydrogen) atoms. The molecule has 112 valence electrons. The quantitative estimate of drug-likeness (QED) is 0.906. The smallest absolute Gasteiger partial charge is 0.151 e. The van der Waals surface area contributed by atoms with E-state index in [0.717, 1.165) is 30.6 Å². The van der Waals surface area contributed by atoms with Gasteiger partial charge in [-0.3, -0.25) is 0 Å². The highest BCUT2D eigenvalue weighted by atomic mass is 32.2. The van der Waals surface area contributed by atoms with E-state index in [9.17, 15) is 8.42 Å². The summed E-state index contributed by atoms with van der Waals surface area (Å²) in [5.41, 5.74) is 1.14. The van der Waals surface area contributed by atoms with Crippen LogP contribution >= 0.6 is 0 Å². The van der Waals surface area contributed by atoms with Crippen LogP contribution in [0.2, 0.25) is 0 Å². The lowest BCUT2D eigenvalue weighted by Gasteiger charge is -2.24. The Kier molecular flexibility index (Phi) is 4.70. The van der Waals surface area contributed by atoms with Crippen molar-refractivity contribution in [1.29, 1.82) is 0 Å². The first-order valence-electron chi connectivity index (χ1n) is 7.00. The van der Waals surface area contributed by atoms with Crippen molar-refractivity contribution < 1.29 is 13.2 Å². The van der Waals surface area contributed by atoms with E-state index in [1.54, 1.807) is 7.11 Å². The number of rotatable bonds is 5. The van der Waals surface area contributed by atoms with Gasteiger partial charge in [0.25, 0.3) is 0 Å². The zero-order chi connectivity index (χ0) is 14.8. The Balaban J connectivity index is 2.05. The second-order valence-electron chi connectivity index (χ2n) is 5.57. The Labute approximate surface area is 121 Å². The van der Waals surface area contributed by atoms with E-state index in [4.69, 9.17) is 4.74 Å². The SMILES string of the molecule is COc1ccc([C@@H](C)NC2CCCC2S(C)(=O)=O)cc1. The number of nitrogens with one attached hydrogen (secondary N) is 1. The van der Waals surface area contributed by atoms with Gasteiger partial charge in [-0.2, -0.15) is 0 Å². The van der Waals surface area contributed by atoms with Crippen LogP contribution in [0, 0.1) is 0 Å². The van der Waals surface area contributed by atoms with Crippen molar-refractivity contribution in [1.82, 2.24) is 5.32 Å². The van der Waals surface area contributed by atoms with Gasteiger partial charge >= 0.3 is 0 Å². The molecule has 1 aromatic rings. The predicted octanol–water partition coefficient (Wildman–Crippen LogP) is 2.31. The van der Waals surface area contributed by atoms with Crippen molar-refractivity contribution in [3.63, 3.8) is 0 Å². The van der Waals surface area contributed by atoms with Crippen molar-refractivity contribution in [2.45, 2.75) is 43.5 Å². The van der Waals surface area contributed by atoms with E-state index in [2.05, 4.69) is 12.2 Å². The van der Waals surface area contributed by atoms with E-state index in [1.165, 1.54) is 6.26 Å². The number of benzene rings is 1. The van der Waals surface area contributed by atoms with Gasteiger partial charge in [0.05, 0.1) is 12.4 Å². The Morgan fingerprint density at radius 3 is 2.45 bits per heavy atom. The highest BCUT2D eigenvalue weighted by Gasteiger charge is 2.35. The Morgan fingerprint density at radius 1 is 1.25 bits per heavy atom. The number of hydrogen-bond acceptors (Lipinski definition) is 4. The average molecular weight is 297 g/mol. The highest BCUT2D eigenvalue weighted by Crippen LogP contribution is 2.27. The normalized spacial score (nSPS) is 24.6. The second-order valence-corrected chi connectivity index (χ2v) is 7.83. The van der Waals surface area contributed by atoms with Crippen LogP contribution in [0.3, 0.4) is 0 Å². The standard InChI is InChI=1S/C15H23NO3S/c1-11(12-7-9-13(19-2)10-8-12)16-14-5-4-6-15(14)20(3,17)18/h7-11,14-16H,4-6H2,1-3H3/t11-,14?,15?/m1/s1. The minimum absolute atomic E-state index is 0.0575. The summed E-state index contributed by atoms with van der Waals surface area (Å²) in [6.45, 7) is 2.07. The van der Waals surface area contributed by atoms with Crippen LogP contribution in [0.25, 0.3) is 0 Å². The van der Waals surface area contributed by atoms with Crippen molar-refractivity contribution in [3.05, 3.63) is 29.8 Å². The lowest BCUT2D eigenvalue weighted by atomic mass is 10.1. The average Bonchev–Trinajstić information content (AvgIpc) is 2.87. The van der Waals surface area contributed by atoms with Gasteiger partial charge in [-0.05, 0) is 37.5 Å². The number of methoxy groups -OCH3 is 1. The predicted molar refractivity (Wildman–Crippen MR) is 80.8 cm³/mol. The van der Waals surface area contributed by atoms with Crippen molar-refractivity contribution >= 4 is 9.84 Å². The molecule has 0 bridgehead atoms. The lowest BCUT2D eigenvalue weighted by molar-refractivity contribution is 0.414. The van der Waals surface area contributed by atoms with Gasteiger partial charge in [-0.15, -0.1) is 0 Å². The van der Waals surface area contributed by atoms with Crippen LogP contribution in [-0.4, -0.2) is 33.1 Å². The van der Waals surface area contributed by atoms with E-state index in [1.807, 2.05) is 24.3 Å². The topological polar surface area (TPSA) is 55.4 Å². The molecule has 1 fully saturated rings. The molecule has 0 aromatic heterocycles. The van der Waals surface area contributed by atoms with Gasteiger partial charge < -0.3 is 10.1 Å². The fraction of sp³-hybridized carbons (Fsp3) is 0.600. The van der Waals surface area contributed by atoms with E-state index in [-0.39, 0.29) is 17.3 Å². The molecule has 4 nitrogen and oxygen atoms in total. The maximum Gasteiger partial charge on any atom is 0.151 e. The third-order valence-electron chi connectivity index (χ3n) is 4.08.